The van der Waals surface area contributed by atoms with Crippen molar-refractivity contribution in [1.82, 2.24) is 4.72 Å². The minimum absolute atomic E-state index is 0.0387. The van der Waals surface area contributed by atoms with Gasteiger partial charge in [0.2, 0.25) is 26.0 Å². The Balaban J connectivity index is 1.55. The van der Waals surface area contributed by atoms with Crippen LogP contribution in [0.3, 0.4) is 0 Å². The number of hydrogen-bond acceptors (Lipinski definition) is 5. The quantitative estimate of drug-likeness (QED) is 0.426. The van der Waals surface area contributed by atoms with Gasteiger partial charge in [-0.25, -0.2) is 26.7 Å². The molecule has 0 spiro atoms. The minimum Gasteiger partial charge on any atom is -0.326 e. The molecule has 0 fully saturated rings. The first-order valence-electron chi connectivity index (χ1n) is 10.1. The zero-order chi connectivity index (χ0) is 24.1. The average molecular weight is 488 g/mol. The fourth-order valence-corrected chi connectivity index (χ4v) is 4.90. The van der Waals surface area contributed by atoms with Crippen LogP contribution in [0.2, 0.25) is 0 Å². The Morgan fingerprint density at radius 3 is 2.00 bits per heavy atom. The molecule has 0 aliphatic carbocycles. The van der Waals surface area contributed by atoms with E-state index in [1.807, 2.05) is 30.3 Å². The van der Waals surface area contributed by atoms with Gasteiger partial charge in [0.05, 0.1) is 9.79 Å². The number of aryl methyl sites for hydroxylation is 1. The highest BCUT2D eigenvalue weighted by Crippen LogP contribution is 2.18. The van der Waals surface area contributed by atoms with Crippen molar-refractivity contribution in [3.8, 4) is 0 Å². The number of rotatable bonds is 9. The van der Waals surface area contributed by atoms with Crippen LogP contribution in [0.15, 0.2) is 88.7 Å². The first-order chi connectivity index (χ1) is 15.5. The van der Waals surface area contributed by atoms with Crippen LogP contribution in [0.25, 0.3) is 0 Å². The van der Waals surface area contributed by atoms with Gasteiger partial charge in [0, 0.05) is 18.2 Å². The molecule has 4 N–H and O–H groups in total. The van der Waals surface area contributed by atoms with E-state index in [-0.39, 0.29) is 28.2 Å². The lowest BCUT2D eigenvalue weighted by Crippen LogP contribution is -2.26. The van der Waals surface area contributed by atoms with Crippen molar-refractivity contribution in [2.24, 2.45) is 5.14 Å². The summed E-state index contributed by atoms with van der Waals surface area (Å²) in [4.78, 5) is 12.3. The lowest BCUT2D eigenvalue weighted by atomic mass is 10.1. The zero-order valence-electron chi connectivity index (χ0n) is 17.9. The summed E-state index contributed by atoms with van der Waals surface area (Å²) in [5.74, 6) is -0.256. The summed E-state index contributed by atoms with van der Waals surface area (Å²) in [7, 11) is -7.48. The van der Waals surface area contributed by atoms with Crippen molar-refractivity contribution in [3.05, 3.63) is 90.0 Å². The van der Waals surface area contributed by atoms with Crippen LogP contribution in [0, 0.1) is 0 Å². The lowest BCUT2D eigenvalue weighted by molar-refractivity contribution is -0.116. The number of primary sulfonamides is 1. The van der Waals surface area contributed by atoms with Crippen molar-refractivity contribution < 1.29 is 21.6 Å². The summed E-state index contributed by atoms with van der Waals surface area (Å²) < 4.78 is 50.5. The van der Waals surface area contributed by atoms with Gasteiger partial charge in [-0.1, -0.05) is 42.5 Å². The van der Waals surface area contributed by atoms with Gasteiger partial charge in [-0.3, -0.25) is 4.79 Å². The Morgan fingerprint density at radius 2 is 1.42 bits per heavy atom. The molecule has 0 saturated carbocycles. The Kier molecular flexibility index (Phi) is 7.65. The summed E-state index contributed by atoms with van der Waals surface area (Å²) in [6, 6.07) is 20.8. The normalized spacial score (nSPS) is 12.8. The molecule has 0 aromatic heterocycles. The molecule has 0 saturated heterocycles. The van der Waals surface area contributed by atoms with Gasteiger partial charge in [0.15, 0.2) is 0 Å². The SMILES string of the molecule is C[C@@H](NS(=O)(=O)c1ccc(CCC(=O)Nc2ccc(S(N)(=O)=O)cc2)cc1)c1ccccc1. The van der Waals surface area contributed by atoms with E-state index >= 15 is 0 Å². The van der Waals surface area contributed by atoms with E-state index in [1.54, 1.807) is 19.1 Å². The third kappa shape index (κ3) is 6.96. The minimum atomic E-state index is -3.79. The monoisotopic (exact) mass is 487 g/mol. The topological polar surface area (TPSA) is 135 Å². The molecule has 0 unspecified atom stereocenters. The van der Waals surface area contributed by atoms with Gasteiger partial charge in [-0.05, 0) is 60.9 Å². The molecule has 1 atom stereocenters. The van der Waals surface area contributed by atoms with Crippen LogP contribution in [0.1, 0.15) is 30.5 Å². The second kappa shape index (κ2) is 10.3. The Bertz CT molecular complexity index is 1310. The average Bonchev–Trinajstić information content (AvgIpc) is 2.78. The number of amides is 1. The van der Waals surface area contributed by atoms with Crippen LogP contribution < -0.4 is 15.2 Å². The second-order valence-electron chi connectivity index (χ2n) is 7.52. The maximum absolute atomic E-state index is 12.7. The number of nitrogens with one attached hydrogen (secondary N) is 2. The summed E-state index contributed by atoms with van der Waals surface area (Å²) >= 11 is 0. The number of sulfonamides is 2. The van der Waals surface area contributed by atoms with E-state index in [9.17, 15) is 21.6 Å². The zero-order valence-corrected chi connectivity index (χ0v) is 19.6. The first-order valence-corrected chi connectivity index (χ1v) is 13.2. The predicted octanol–water partition coefficient (Wildman–Crippen LogP) is 2.94. The van der Waals surface area contributed by atoms with Crippen LogP contribution in [0.5, 0.6) is 0 Å². The van der Waals surface area contributed by atoms with Crippen LogP contribution in [-0.4, -0.2) is 22.7 Å². The lowest BCUT2D eigenvalue weighted by Gasteiger charge is -2.15. The van der Waals surface area contributed by atoms with Gasteiger partial charge in [0.25, 0.3) is 0 Å². The van der Waals surface area contributed by atoms with Crippen molar-refractivity contribution in [2.45, 2.75) is 35.6 Å². The van der Waals surface area contributed by atoms with Gasteiger partial charge >= 0.3 is 0 Å². The third-order valence-corrected chi connectivity index (χ3v) is 7.46. The van der Waals surface area contributed by atoms with E-state index in [2.05, 4.69) is 10.0 Å². The van der Waals surface area contributed by atoms with E-state index in [1.165, 1.54) is 36.4 Å². The molecule has 0 aliphatic rings. The number of benzene rings is 3. The predicted molar refractivity (Wildman–Crippen MR) is 126 cm³/mol. The molecule has 1 amide bonds. The molecule has 0 heterocycles. The number of anilines is 1. The molecule has 174 valence electrons. The summed E-state index contributed by atoms with van der Waals surface area (Å²) in [5.41, 5.74) is 2.13. The van der Waals surface area contributed by atoms with Gasteiger partial charge in [-0.2, -0.15) is 0 Å². The highest BCUT2D eigenvalue weighted by atomic mass is 32.2. The number of carbonyl (C=O) groups is 1. The second-order valence-corrected chi connectivity index (χ2v) is 10.8. The van der Waals surface area contributed by atoms with E-state index in [0.29, 0.717) is 12.1 Å². The van der Waals surface area contributed by atoms with Gasteiger partial charge in [-0.15, -0.1) is 0 Å². The highest BCUT2D eigenvalue weighted by molar-refractivity contribution is 7.89. The highest BCUT2D eigenvalue weighted by Gasteiger charge is 2.18. The van der Waals surface area contributed by atoms with Crippen LogP contribution >= 0.6 is 0 Å². The fourth-order valence-electron chi connectivity index (χ4n) is 3.16. The fraction of sp³-hybridized carbons (Fsp3) is 0.174. The summed E-state index contributed by atoms with van der Waals surface area (Å²) in [6.07, 6.45) is 0.585. The third-order valence-electron chi connectivity index (χ3n) is 4.97. The Morgan fingerprint density at radius 1 is 0.848 bits per heavy atom. The van der Waals surface area contributed by atoms with Crippen LogP contribution in [0.4, 0.5) is 5.69 Å². The standard InChI is InChI=1S/C23H25N3O5S2/c1-17(19-5-3-2-4-6-19)26-33(30,31)22-12-7-18(8-13-22)9-16-23(27)25-20-10-14-21(15-11-20)32(24,28)29/h2-8,10-15,17,26H,9,16H2,1H3,(H,25,27)(H2,24,28,29)/t17-/m1/s1. The van der Waals surface area contributed by atoms with E-state index in [0.717, 1.165) is 11.1 Å². The Hall–Kier alpha value is -3.05. The molecule has 0 bridgehead atoms. The molecular weight excluding hydrogens is 462 g/mol. The molecule has 0 radical (unpaired) electrons. The van der Waals surface area contributed by atoms with Crippen molar-refractivity contribution in [3.63, 3.8) is 0 Å². The summed E-state index contributed by atoms with van der Waals surface area (Å²) in [5, 5.41) is 7.73. The molecular formula is C23H25N3O5S2. The van der Waals surface area contributed by atoms with Crippen molar-refractivity contribution >= 4 is 31.6 Å². The number of carbonyl (C=O) groups excluding carboxylic acids is 1. The van der Waals surface area contributed by atoms with E-state index < -0.39 is 20.0 Å². The first kappa shape index (κ1) is 24.6. The molecule has 3 aromatic rings. The van der Waals surface area contributed by atoms with Gasteiger partial charge in [0.1, 0.15) is 0 Å². The molecule has 8 nitrogen and oxygen atoms in total. The molecule has 33 heavy (non-hydrogen) atoms. The molecule has 3 aromatic carbocycles. The van der Waals surface area contributed by atoms with Gasteiger partial charge < -0.3 is 5.32 Å². The number of nitrogens with two attached hydrogens (primary N) is 1. The largest absolute Gasteiger partial charge is 0.326 e. The van der Waals surface area contributed by atoms with Crippen LogP contribution in [-0.2, 0) is 31.3 Å². The summed E-state index contributed by atoms with van der Waals surface area (Å²) in [6.45, 7) is 1.78. The molecule has 10 heteroatoms. The van der Waals surface area contributed by atoms with Crippen molar-refractivity contribution in [1.29, 1.82) is 0 Å². The number of hydrogen-bond donors (Lipinski definition) is 3. The maximum atomic E-state index is 12.7. The maximum Gasteiger partial charge on any atom is 0.241 e. The molecule has 3 rings (SSSR count). The van der Waals surface area contributed by atoms with Crippen molar-refractivity contribution in [2.75, 3.05) is 5.32 Å². The smallest absolute Gasteiger partial charge is 0.241 e. The molecule has 0 aliphatic heterocycles. The Labute approximate surface area is 193 Å². The van der Waals surface area contributed by atoms with E-state index in [4.69, 9.17) is 5.14 Å².